The van der Waals surface area contributed by atoms with Gasteiger partial charge in [-0.3, -0.25) is 0 Å². The molecule has 0 spiro atoms. The Hall–Kier alpha value is -0.327. The molecule has 110 valence electrons. The SMILES string of the molecule is CCCCCCO.C[C-](C1=CC=CC1)C1=CC=CC1.[Zr]. The molecule has 0 unspecified atom stereocenters. The quantitative estimate of drug-likeness (QED) is 0.533. The Kier molecular flexibility index (Phi) is 12.2. The van der Waals surface area contributed by atoms with Crippen molar-refractivity contribution in [1.82, 2.24) is 0 Å². The van der Waals surface area contributed by atoms with Crippen LogP contribution in [0.1, 0.15) is 52.4 Å². The van der Waals surface area contributed by atoms with Gasteiger partial charge in [-0.25, -0.2) is 0 Å². The molecule has 2 aliphatic carbocycles. The average Bonchev–Trinajstić information content (AvgIpc) is 3.13. The summed E-state index contributed by atoms with van der Waals surface area (Å²) in [6, 6.07) is 0. The van der Waals surface area contributed by atoms with Crippen molar-refractivity contribution < 1.29 is 31.3 Å². The molecule has 0 aromatic carbocycles. The molecule has 0 aliphatic heterocycles. The molecule has 0 atom stereocenters. The second kappa shape index (κ2) is 12.4. The predicted molar refractivity (Wildman–Crippen MR) is 83.8 cm³/mol. The summed E-state index contributed by atoms with van der Waals surface area (Å²) >= 11 is 0. The van der Waals surface area contributed by atoms with Crippen LogP contribution in [0.3, 0.4) is 0 Å². The summed E-state index contributed by atoms with van der Waals surface area (Å²) in [6.07, 6.45) is 20.0. The van der Waals surface area contributed by atoms with Gasteiger partial charge >= 0.3 is 0 Å². The van der Waals surface area contributed by atoms with Gasteiger partial charge in [0, 0.05) is 32.8 Å². The third-order valence-electron chi connectivity index (χ3n) is 3.52. The summed E-state index contributed by atoms with van der Waals surface area (Å²) in [7, 11) is 0. The van der Waals surface area contributed by atoms with E-state index in [4.69, 9.17) is 5.11 Å². The Morgan fingerprint density at radius 2 is 1.55 bits per heavy atom. The Morgan fingerprint density at radius 3 is 1.90 bits per heavy atom. The van der Waals surface area contributed by atoms with E-state index in [1.54, 1.807) is 0 Å². The molecule has 20 heavy (non-hydrogen) atoms. The monoisotopic (exact) mass is 349 g/mol. The fourth-order valence-electron chi connectivity index (χ4n) is 2.20. The molecule has 2 rings (SSSR count). The van der Waals surface area contributed by atoms with Crippen molar-refractivity contribution in [1.29, 1.82) is 0 Å². The van der Waals surface area contributed by atoms with Crippen LogP contribution in [0.25, 0.3) is 0 Å². The molecule has 1 nitrogen and oxygen atoms in total. The zero-order valence-electron chi connectivity index (χ0n) is 12.9. The van der Waals surface area contributed by atoms with E-state index in [1.165, 1.54) is 36.3 Å². The normalized spacial score (nSPS) is 15.2. The molecule has 0 aromatic heterocycles. The third kappa shape index (κ3) is 7.45. The Balaban J connectivity index is 0.000000396. The van der Waals surface area contributed by atoms with Crippen molar-refractivity contribution in [2.45, 2.75) is 52.4 Å². The molecule has 0 saturated carbocycles. The first-order valence-corrected chi connectivity index (χ1v) is 7.46. The number of aliphatic hydroxyl groups is 1. The number of rotatable bonds is 6. The van der Waals surface area contributed by atoms with E-state index in [1.807, 2.05) is 0 Å². The number of hydrogen-bond acceptors (Lipinski definition) is 1. The smallest absolute Gasteiger partial charge is 0.0431 e. The minimum atomic E-state index is 0. The Bertz CT molecular complexity index is 330. The molecule has 0 amide bonds. The standard InChI is InChI=1S/C12H13.C6H14O.Zr/c1-10(11-6-2-3-7-11)12-8-4-5-9-12;1-2-3-4-5-6-7;/h2-6,8H,7,9H2,1H3;7H,2-6H2,1H3;/q-1;;. The summed E-state index contributed by atoms with van der Waals surface area (Å²) in [4.78, 5) is 0. The minimum Gasteiger partial charge on any atom is -0.396 e. The van der Waals surface area contributed by atoms with Crippen LogP contribution in [0.2, 0.25) is 0 Å². The summed E-state index contributed by atoms with van der Waals surface area (Å²) in [5.41, 5.74) is 2.95. The molecule has 2 heteroatoms. The molecule has 0 radical (unpaired) electrons. The topological polar surface area (TPSA) is 20.2 Å². The van der Waals surface area contributed by atoms with Gasteiger partial charge < -0.3 is 5.11 Å². The van der Waals surface area contributed by atoms with Gasteiger partial charge in [-0.1, -0.05) is 45.3 Å². The fourth-order valence-corrected chi connectivity index (χ4v) is 2.20. The number of unbranched alkanes of at least 4 members (excludes halogenated alkanes) is 3. The van der Waals surface area contributed by atoms with Crippen molar-refractivity contribution in [3.8, 4) is 0 Å². The molecule has 0 heterocycles. The maximum Gasteiger partial charge on any atom is 0.0431 e. The van der Waals surface area contributed by atoms with Gasteiger partial charge in [0.2, 0.25) is 0 Å². The van der Waals surface area contributed by atoms with Crippen LogP contribution in [0.15, 0.2) is 47.6 Å². The van der Waals surface area contributed by atoms with Crippen molar-refractivity contribution in [3.05, 3.63) is 53.5 Å². The van der Waals surface area contributed by atoms with E-state index in [2.05, 4.69) is 50.3 Å². The van der Waals surface area contributed by atoms with Crippen molar-refractivity contribution in [3.63, 3.8) is 0 Å². The Labute approximate surface area is 143 Å². The van der Waals surface area contributed by atoms with Crippen LogP contribution in [0, 0.1) is 5.92 Å². The third-order valence-corrected chi connectivity index (χ3v) is 3.52. The van der Waals surface area contributed by atoms with E-state index in [-0.39, 0.29) is 26.2 Å². The van der Waals surface area contributed by atoms with Crippen LogP contribution in [-0.2, 0) is 26.2 Å². The first-order valence-electron chi connectivity index (χ1n) is 7.46. The van der Waals surface area contributed by atoms with Crippen LogP contribution in [0.4, 0.5) is 0 Å². The van der Waals surface area contributed by atoms with Crippen LogP contribution in [-0.4, -0.2) is 11.7 Å². The fraction of sp³-hybridized carbons (Fsp3) is 0.500. The van der Waals surface area contributed by atoms with Gasteiger partial charge in [-0.2, -0.15) is 18.1 Å². The van der Waals surface area contributed by atoms with E-state index < -0.39 is 0 Å². The van der Waals surface area contributed by atoms with Gasteiger partial charge in [0.25, 0.3) is 0 Å². The summed E-state index contributed by atoms with van der Waals surface area (Å²) in [5, 5.41) is 8.29. The molecule has 0 bridgehead atoms. The molecule has 1 N–H and O–H groups in total. The molecule has 0 aromatic rings. The van der Waals surface area contributed by atoms with Crippen molar-refractivity contribution in [2.75, 3.05) is 6.61 Å². The zero-order valence-corrected chi connectivity index (χ0v) is 15.3. The molecule has 0 fully saturated rings. The first kappa shape index (κ1) is 19.7. The van der Waals surface area contributed by atoms with E-state index in [9.17, 15) is 0 Å². The van der Waals surface area contributed by atoms with Gasteiger partial charge in [-0.15, -0.1) is 23.3 Å². The maximum absolute atomic E-state index is 8.29. The van der Waals surface area contributed by atoms with Crippen LogP contribution in [0.5, 0.6) is 0 Å². The molecule has 2 aliphatic rings. The van der Waals surface area contributed by atoms with Gasteiger partial charge in [0.05, 0.1) is 0 Å². The number of allylic oxidation sites excluding steroid dienone is 8. The minimum absolute atomic E-state index is 0. The summed E-state index contributed by atoms with van der Waals surface area (Å²) in [6.45, 7) is 4.75. The average molecular weight is 351 g/mol. The molecular weight excluding hydrogens is 323 g/mol. The summed E-state index contributed by atoms with van der Waals surface area (Å²) in [5.74, 6) is 1.46. The zero-order chi connectivity index (χ0) is 13.9. The van der Waals surface area contributed by atoms with Gasteiger partial charge in [-0.05, 0) is 19.3 Å². The van der Waals surface area contributed by atoms with Gasteiger partial charge in [0.15, 0.2) is 0 Å². The summed E-state index contributed by atoms with van der Waals surface area (Å²) < 4.78 is 0. The predicted octanol–water partition coefficient (Wildman–Crippen LogP) is 4.91. The van der Waals surface area contributed by atoms with E-state index >= 15 is 0 Å². The van der Waals surface area contributed by atoms with Crippen molar-refractivity contribution in [2.24, 2.45) is 0 Å². The maximum atomic E-state index is 8.29. The van der Waals surface area contributed by atoms with Crippen molar-refractivity contribution >= 4 is 0 Å². The molecular formula is C18H27OZr-. The number of aliphatic hydroxyl groups excluding tert-OH is 1. The van der Waals surface area contributed by atoms with Crippen LogP contribution < -0.4 is 0 Å². The van der Waals surface area contributed by atoms with Crippen LogP contribution >= 0.6 is 0 Å². The largest absolute Gasteiger partial charge is 0.396 e. The van der Waals surface area contributed by atoms with E-state index in [0.717, 1.165) is 19.3 Å². The Morgan fingerprint density at radius 1 is 1.00 bits per heavy atom. The van der Waals surface area contributed by atoms with Gasteiger partial charge in [0.1, 0.15) is 0 Å². The second-order valence-corrected chi connectivity index (χ2v) is 5.06. The number of hydrogen-bond donors (Lipinski definition) is 1. The van der Waals surface area contributed by atoms with E-state index in [0.29, 0.717) is 6.61 Å². The first-order chi connectivity index (χ1) is 9.29. The second-order valence-electron chi connectivity index (χ2n) is 5.06. The molecule has 0 saturated heterocycles.